The molecule has 0 bridgehead atoms. The van der Waals surface area contributed by atoms with Crippen LogP contribution in [0.25, 0.3) is 33.2 Å². The molecule has 44 heavy (non-hydrogen) atoms. The molecule has 0 spiro atoms. The lowest BCUT2D eigenvalue weighted by molar-refractivity contribution is 0.0502. The van der Waals surface area contributed by atoms with E-state index in [-0.39, 0.29) is 28.5 Å². The molecule has 1 atom stereocenters. The minimum absolute atomic E-state index is 0.0193. The van der Waals surface area contributed by atoms with E-state index >= 15 is 0 Å². The molecule has 3 aromatic carbocycles. The lowest BCUT2D eigenvalue weighted by Gasteiger charge is -2.25. The molecule has 230 valence electrons. The average Bonchev–Trinajstić information content (AvgIpc) is 3.21. The van der Waals surface area contributed by atoms with E-state index in [1.54, 1.807) is 64.2 Å². The fourth-order valence-electron chi connectivity index (χ4n) is 4.90. The Morgan fingerprint density at radius 2 is 1.68 bits per heavy atom. The number of fused-ring (bicyclic) bond motifs is 2. The van der Waals surface area contributed by atoms with Gasteiger partial charge in [-0.2, -0.15) is 5.10 Å². The van der Waals surface area contributed by atoms with Crippen molar-refractivity contribution in [1.29, 1.82) is 0 Å². The number of hydrogen-bond acceptors (Lipinski definition) is 7. The number of aromatic nitrogens is 4. The number of para-hydroxylation sites is 2. The molecule has 0 radical (unpaired) electrons. The van der Waals surface area contributed by atoms with Gasteiger partial charge in [0.05, 0.1) is 50.6 Å². The number of alkyl carbamates (subject to hydrolysis) is 1. The van der Waals surface area contributed by atoms with Crippen LogP contribution in [0.4, 0.5) is 19.4 Å². The molecular formula is C30H29ClF2N6O4S. The number of nitrogens with zero attached hydrogens (tertiary/aromatic N) is 4. The minimum atomic E-state index is -3.71. The first-order valence-electron chi connectivity index (χ1n) is 13.4. The largest absolute Gasteiger partial charge is 0.444 e. The van der Waals surface area contributed by atoms with E-state index < -0.39 is 39.4 Å². The van der Waals surface area contributed by atoms with Crippen LogP contribution in [0.2, 0.25) is 5.02 Å². The third kappa shape index (κ3) is 6.89. The van der Waals surface area contributed by atoms with Crippen LogP contribution in [0.3, 0.4) is 0 Å². The fraction of sp³-hybridized carbons (Fsp3) is 0.267. The highest BCUT2D eigenvalue weighted by atomic mass is 35.5. The second-order valence-corrected chi connectivity index (χ2v) is 13.4. The van der Waals surface area contributed by atoms with Gasteiger partial charge in [-0.1, -0.05) is 23.7 Å². The zero-order chi connectivity index (χ0) is 32.0. The third-order valence-corrected chi connectivity index (χ3v) is 7.33. The van der Waals surface area contributed by atoms with Crippen LogP contribution in [0.15, 0.2) is 54.6 Å². The second kappa shape index (κ2) is 11.6. The van der Waals surface area contributed by atoms with E-state index in [4.69, 9.17) is 26.3 Å². The van der Waals surface area contributed by atoms with E-state index in [2.05, 4.69) is 15.1 Å². The number of aryl methyl sites for hydroxylation is 1. The molecule has 2 aromatic heterocycles. The first kappa shape index (κ1) is 31.1. The summed E-state index contributed by atoms with van der Waals surface area (Å²) in [5, 5.41) is 7.72. The number of carbonyl (C=O) groups excluding carboxylic acids is 1. The summed E-state index contributed by atoms with van der Waals surface area (Å²) in [7, 11) is -2.08. The molecule has 10 nitrogen and oxygen atoms in total. The first-order valence-corrected chi connectivity index (χ1v) is 15.7. The number of sulfonamides is 1. The minimum Gasteiger partial charge on any atom is -0.444 e. The molecule has 0 aliphatic carbocycles. The SMILES string of the molecule is Cn1nc(NS(C)(=O)=O)c2c(Cl)ccc(-c3nc4ccccc4nc3C(Cc3cc(F)cc(F)c3)NC(=O)OC(C)(C)C)c21. The number of ether oxygens (including phenoxy) is 1. The second-order valence-electron chi connectivity index (χ2n) is 11.3. The van der Waals surface area contributed by atoms with Crippen molar-refractivity contribution in [2.75, 3.05) is 11.0 Å². The molecule has 2 heterocycles. The van der Waals surface area contributed by atoms with Crippen LogP contribution < -0.4 is 10.0 Å². The molecule has 1 unspecified atom stereocenters. The van der Waals surface area contributed by atoms with Crippen LogP contribution in [-0.4, -0.2) is 46.1 Å². The topological polar surface area (TPSA) is 128 Å². The predicted octanol–water partition coefficient (Wildman–Crippen LogP) is 6.30. The molecule has 5 aromatic rings. The maximum atomic E-state index is 14.2. The monoisotopic (exact) mass is 642 g/mol. The summed E-state index contributed by atoms with van der Waals surface area (Å²) in [4.78, 5) is 22.9. The summed E-state index contributed by atoms with van der Waals surface area (Å²) in [5.74, 6) is -1.53. The number of rotatable bonds is 7. The van der Waals surface area contributed by atoms with E-state index in [0.29, 0.717) is 33.2 Å². The molecule has 14 heteroatoms. The van der Waals surface area contributed by atoms with Gasteiger partial charge in [-0.25, -0.2) is 32.0 Å². The molecular weight excluding hydrogens is 614 g/mol. The summed E-state index contributed by atoms with van der Waals surface area (Å²) >= 11 is 6.56. The van der Waals surface area contributed by atoms with Crippen molar-refractivity contribution >= 4 is 55.5 Å². The molecule has 0 fully saturated rings. The predicted molar refractivity (Wildman–Crippen MR) is 165 cm³/mol. The molecule has 0 saturated heterocycles. The lowest BCUT2D eigenvalue weighted by atomic mass is 9.97. The van der Waals surface area contributed by atoms with Gasteiger partial charge in [0.2, 0.25) is 10.0 Å². The number of nitrogens with one attached hydrogen (secondary N) is 2. The van der Waals surface area contributed by atoms with Gasteiger partial charge in [0.15, 0.2) is 5.82 Å². The maximum absolute atomic E-state index is 14.2. The summed E-state index contributed by atoms with van der Waals surface area (Å²) in [6.07, 6.45) is 0.152. The first-order chi connectivity index (χ1) is 20.6. The number of anilines is 1. The summed E-state index contributed by atoms with van der Waals surface area (Å²) < 4.78 is 62.1. The van der Waals surface area contributed by atoms with Gasteiger partial charge in [-0.05, 0) is 69.2 Å². The smallest absolute Gasteiger partial charge is 0.408 e. The van der Waals surface area contributed by atoms with Gasteiger partial charge in [0.25, 0.3) is 0 Å². The Bertz CT molecular complexity index is 2010. The van der Waals surface area contributed by atoms with E-state index in [9.17, 15) is 22.0 Å². The fourth-order valence-corrected chi connectivity index (χ4v) is 5.64. The standard InChI is InChI=1S/C30H29ClF2N6O4S/c1-30(2,3)43-29(40)36-23(14-16-12-17(32)15-18(33)13-16)26-25(34-21-8-6-7-9-22(21)35-26)19-10-11-20(31)24-27(19)39(4)37-28(24)38-44(5,41)42/h6-13,15,23H,14H2,1-5H3,(H,36,40)(H,37,38). The molecule has 1 amide bonds. The molecule has 2 N–H and O–H groups in total. The Labute approximate surface area is 257 Å². The van der Waals surface area contributed by atoms with Gasteiger partial charge in [0.1, 0.15) is 17.2 Å². The van der Waals surface area contributed by atoms with Crippen LogP contribution in [-0.2, 0) is 28.2 Å². The van der Waals surface area contributed by atoms with Gasteiger partial charge in [-0.3, -0.25) is 9.40 Å². The van der Waals surface area contributed by atoms with Crippen molar-refractivity contribution in [3.8, 4) is 11.3 Å². The highest BCUT2D eigenvalue weighted by Gasteiger charge is 2.28. The van der Waals surface area contributed by atoms with Gasteiger partial charge in [0, 0.05) is 18.7 Å². The zero-order valence-corrected chi connectivity index (χ0v) is 26.0. The average molecular weight is 643 g/mol. The van der Waals surface area contributed by atoms with E-state index in [1.807, 2.05) is 0 Å². The lowest BCUT2D eigenvalue weighted by Crippen LogP contribution is -2.36. The van der Waals surface area contributed by atoms with Crippen LogP contribution >= 0.6 is 11.6 Å². The van der Waals surface area contributed by atoms with Crippen LogP contribution in [0.5, 0.6) is 0 Å². The number of carbonyl (C=O) groups is 1. The highest BCUT2D eigenvalue weighted by molar-refractivity contribution is 7.92. The molecule has 5 rings (SSSR count). The Hall–Kier alpha value is -4.36. The van der Waals surface area contributed by atoms with E-state index in [0.717, 1.165) is 12.3 Å². The maximum Gasteiger partial charge on any atom is 0.408 e. The summed E-state index contributed by atoms with van der Waals surface area (Å²) in [6.45, 7) is 5.12. The van der Waals surface area contributed by atoms with Crippen LogP contribution in [0, 0.1) is 11.6 Å². The zero-order valence-electron chi connectivity index (χ0n) is 24.4. The number of hydrogen-bond donors (Lipinski definition) is 2. The van der Waals surface area contributed by atoms with Crippen molar-refractivity contribution in [3.63, 3.8) is 0 Å². The number of halogens is 3. The molecule has 0 saturated carbocycles. The summed E-state index contributed by atoms with van der Waals surface area (Å²) in [6, 6.07) is 12.5. The Balaban J connectivity index is 1.77. The van der Waals surface area contributed by atoms with Crippen LogP contribution in [0.1, 0.15) is 38.1 Å². The molecule has 0 aliphatic heterocycles. The van der Waals surface area contributed by atoms with E-state index in [1.165, 1.54) is 16.8 Å². The number of amides is 1. The quantitative estimate of drug-likeness (QED) is 0.213. The van der Waals surface area contributed by atoms with Crippen molar-refractivity contribution in [1.82, 2.24) is 25.1 Å². The Morgan fingerprint density at radius 1 is 1.05 bits per heavy atom. The normalized spacial score (nSPS) is 12.8. The van der Waals surface area contributed by atoms with Gasteiger partial charge < -0.3 is 10.1 Å². The number of benzene rings is 3. The highest BCUT2D eigenvalue weighted by Crippen LogP contribution is 2.39. The van der Waals surface area contributed by atoms with Crippen molar-refractivity contribution < 1.29 is 26.7 Å². The molecule has 0 aliphatic rings. The van der Waals surface area contributed by atoms with Crippen molar-refractivity contribution in [2.45, 2.75) is 38.8 Å². The van der Waals surface area contributed by atoms with Crippen molar-refractivity contribution in [3.05, 3.63) is 82.5 Å². The third-order valence-electron chi connectivity index (χ3n) is 6.46. The van der Waals surface area contributed by atoms with Gasteiger partial charge in [-0.15, -0.1) is 0 Å². The Kier molecular flexibility index (Phi) is 8.21. The van der Waals surface area contributed by atoms with Gasteiger partial charge >= 0.3 is 6.09 Å². The Morgan fingerprint density at radius 3 is 2.30 bits per heavy atom. The summed E-state index contributed by atoms with van der Waals surface area (Å²) in [5.41, 5.74) is 1.92. The van der Waals surface area contributed by atoms with Crippen molar-refractivity contribution in [2.24, 2.45) is 7.05 Å².